The maximum absolute atomic E-state index is 12.9. The number of benzene rings is 2. The minimum atomic E-state index is -0.289. The molecule has 0 bridgehead atoms. The van der Waals surface area contributed by atoms with Gasteiger partial charge in [-0.1, -0.05) is 30.7 Å². The van der Waals surface area contributed by atoms with E-state index in [1.165, 1.54) is 22.6 Å². The molecule has 1 aromatic heterocycles. The van der Waals surface area contributed by atoms with Crippen LogP contribution in [-0.2, 0) is 17.6 Å². The first kappa shape index (κ1) is 19.5. The molecule has 0 fully saturated rings. The summed E-state index contributed by atoms with van der Waals surface area (Å²) in [5.41, 5.74) is 4.81. The molecule has 1 aliphatic carbocycles. The summed E-state index contributed by atoms with van der Waals surface area (Å²) in [7, 11) is 1.63. The predicted molar refractivity (Wildman–Crippen MR) is 117 cm³/mol. The van der Waals surface area contributed by atoms with Gasteiger partial charge in [0.1, 0.15) is 0 Å². The first-order valence-corrected chi connectivity index (χ1v) is 10.2. The van der Waals surface area contributed by atoms with E-state index in [0.29, 0.717) is 22.2 Å². The molecular formula is C23H24ClN3O2. The lowest BCUT2D eigenvalue weighted by Crippen LogP contribution is -2.35. The fourth-order valence-corrected chi connectivity index (χ4v) is 4.17. The number of hydrogen-bond acceptors (Lipinski definition) is 2. The molecule has 1 atom stereocenters. The molecule has 0 saturated heterocycles. The molecule has 29 heavy (non-hydrogen) atoms. The van der Waals surface area contributed by atoms with Gasteiger partial charge in [0, 0.05) is 29.2 Å². The Bertz CT molecular complexity index is 1090. The van der Waals surface area contributed by atoms with Crippen LogP contribution in [0.5, 0.6) is 0 Å². The number of anilines is 1. The largest absolute Gasteiger partial charge is 0.358 e. The first-order chi connectivity index (χ1) is 13.9. The van der Waals surface area contributed by atoms with Crippen molar-refractivity contribution in [1.29, 1.82) is 0 Å². The van der Waals surface area contributed by atoms with Crippen molar-refractivity contribution >= 4 is 40.0 Å². The summed E-state index contributed by atoms with van der Waals surface area (Å²) in [5, 5.41) is 4.33. The molecule has 1 unspecified atom stereocenters. The van der Waals surface area contributed by atoms with Crippen LogP contribution in [0, 0.1) is 5.92 Å². The van der Waals surface area contributed by atoms with Crippen LogP contribution in [0.4, 0.5) is 5.69 Å². The molecule has 1 heterocycles. The zero-order chi connectivity index (χ0) is 20.5. The van der Waals surface area contributed by atoms with E-state index in [2.05, 4.69) is 17.2 Å². The van der Waals surface area contributed by atoms with Crippen LogP contribution in [-0.4, -0.2) is 35.3 Å². The number of nitrogens with one attached hydrogen (secondary N) is 2. The molecule has 6 heteroatoms. The standard InChI is InChI=1S/C23H24ClN3O2/c1-14-7-9-19-16(11-14)17-12-15(8-10-20(17)25-19)23(29)27(2)13-22(28)26-21-6-4-3-5-18(21)24/h3-6,8,10,12,14,25H,7,9,11,13H2,1-2H3,(H,26,28). The Morgan fingerprint density at radius 2 is 2.03 bits per heavy atom. The van der Waals surface area contributed by atoms with Crippen molar-refractivity contribution in [1.82, 2.24) is 9.88 Å². The SMILES string of the molecule is CC1CCc2[nH]c3ccc(C(=O)N(C)CC(=O)Nc4ccccc4Cl)cc3c2C1. The maximum atomic E-state index is 12.9. The molecule has 0 radical (unpaired) electrons. The number of fused-ring (bicyclic) bond motifs is 3. The van der Waals surface area contributed by atoms with Crippen LogP contribution in [0.2, 0.25) is 5.02 Å². The molecule has 2 N–H and O–H groups in total. The van der Waals surface area contributed by atoms with Gasteiger partial charge in [-0.2, -0.15) is 0 Å². The van der Waals surface area contributed by atoms with Gasteiger partial charge in [0.25, 0.3) is 5.91 Å². The minimum absolute atomic E-state index is 0.0512. The van der Waals surface area contributed by atoms with Crippen molar-refractivity contribution in [3.05, 3.63) is 64.3 Å². The van der Waals surface area contributed by atoms with Gasteiger partial charge in [-0.15, -0.1) is 0 Å². The third-order valence-electron chi connectivity index (χ3n) is 5.56. The van der Waals surface area contributed by atoms with Crippen LogP contribution in [0.25, 0.3) is 10.9 Å². The van der Waals surface area contributed by atoms with Crippen LogP contribution in [0.3, 0.4) is 0 Å². The summed E-state index contributed by atoms with van der Waals surface area (Å²) in [6.45, 7) is 2.21. The van der Waals surface area contributed by atoms with Gasteiger partial charge in [-0.05, 0) is 61.1 Å². The van der Waals surface area contributed by atoms with Gasteiger partial charge >= 0.3 is 0 Å². The Morgan fingerprint density at radius 3 is 2.83 bits per heavy atom. The molecular weight excluding hydrogens is 386 g/mol. The second-order valence-electron chi connectivity index (χ2n) is 7.88. The Morgan fingerprint density at radius 1 is 1.24 bits per heavy atom. The average molecular weight is 410 g/mol. The number of halogens is 1. The van der Waals surface area contributed by atoms with E-state index >= 15 is 0 Å². The lowest BCUT2D eigenvalue weighted by Gasteiger charge is -2.19. The molecule has 150 valence electrons. The minimum Gasteiger partial charge on any atom is -0.358 e. The zero-order valence-electron chi connectivity index (χ0n) is 16.6. The Balaban J connectivity index is 1.50. The Labute approximate surface area is 175 Å². The molecule has 5 nitrogen and oxygen atoms in total. The molecule has 3 aromatic rings. The van der Waals surface area contributed by atoms with Crippen molar-refractivity contribution in [3.8, 4) is 0 Å². The lowest BCUT2D eigenvalue weighted by molar-refractivity contribution is -0.116. The topological polar surface area (TPSA) is 65.2 Å². The summed E-state index contributed by atoms with van der Waals surface area (Å²) in [4.78, 5) is 30.2. The molecule has 2 amide bonds. The van der Waals surface area contributed by atoms with Crippen molar-refractivity contribution in [2.24, 2.45) is 5.92 Å². The highest BCUT2D eigenvalue weighted by Crippen LogP contribution is 2.32. The van der Waals surface area contributed by atoms with E-state index in [9.17, 15) is 9.59 Å². The second-order valence-corrected chi connectivity index (χ2v) is 8.29. The number of carbonyl (C=O) groups excluding carboxylic acids is 2. The summed E-state index contributed by atoms with van der Waals surface area (Å²) in [6, 6.07) is 12.8. The summed E-state index contributed by atoms with van der Waals surface area (Å²) in [5.74, 6) is 0.180. The van der Waals surface area contributed by atoms with Gasteiger partial charge in [-0.3, -0.25) is 9.59 Å². The third-order valence-corrected chi connectivity index (χ3v) is 5.89. The normalized spacial score (nSPS) is 15.8. The van der Waals surface area contributed by atoms with E-state index in [-0.39, 0.29) is 18.4 Å². The fourth-order valence-electron chi connectivity index (χ4n) is 3.98. The van der Waals surface area contributed by atoms with Crippen LogP contribution in [0.1, 0.15) is 35.0 Å². The summed E-state index contributed by atoms with van der Waals surface area (Å²) < 4.78 is 0. The Kier molecular flexibility index (Phi) is 5.33. The van der Waals surface area contributed by atoms with E-state index < -0.39 is 0 Å². The number of H-pyrrole nitrogens is 1. The highest BCUT2D eigenvalue weighted by Gasteiger charge is 2.22. The van der Waals surface area contributed by atoms with E-state index in [4.69, 9.17) is 11.6 Å². The van der Waals surface area contributed by atoms with E-state index in [1.807, 2.05) is 18.2 Å². The quantitative estimate of drug-likeness (QED) is 0.658. The van der Waals surface area contributed by atoms with Gasteiger partial charge in [0.15, 0.2) is 0 Å². The third kappa shape index (κ3) is 4.01. The highest BCUT2D eigenvalue weighted by atomic mass is 35.5. The average Bonchev–Trinajstić information content (AvgIpc) is 3.06. The summed E-state index contributed by atoms with van der Waals surface area (Å²) >= 11 is 6.08. The van der Waals surface area contributed by atoms with Crippen molar-refractivity contribution < 1.29 is 9.59 Å². The number of rotatable bonds is 4. The van der Waals surface area contributed by atoms with Gasteiger partial charge in [0.05, 0.1) is 17.3 Å². The zero-order valence-corrected chi connectivity index (χ0v) is 17.3. The molecule has 0 saturated carbocycles. The number of amides is 2. The first-order valence-electron chi connectivity index (χ1n) is 9.85. The van der Waals surface area contributed by atoms with Gasteiger partial charge in [-0.25, -0.2) is 0 Å². The lowest BCUT2D eigenvalue weighted by atomic mass is 9.87. The van der Waals surface area contributed by atoms with Crippen molar-refractivity contribution in [2.45, 2.75) is 26.2 Å². The Hall–Kier alpha value is -2.79. The van der Waals surface area contributed by atoms with Crippen LogP contribution < -0.4 is 5.32 Å². The number of para-hydroxylation sites is 1. The molecule has 1 aliphatic rings. The number of likely N-dealkylation sites (N-methyl/N-ethyl adjacent to an activating group) is 1. The molecule has 0 aliphatic heterocycles. The monoisotopic (exact) mass is 409 g/mol. The van der Waals surface area contributed by atoms with Gasteiger partial charge < -0.3 is 15.2 Å². The number of carbonyl (C=O) groups is 2. The molecule has 4 rings (SSSR count). The van der Waals surface area contributed by atoms with Crippen LogP contribution in [0.15, 0.2) is 42.5 Å². The van der Waals surface area contributed by atoms with Crippen molar-refractivity contribution in [3.63, 3.8) is 0 Å². The summed E-state index contributed by atoms with van der Waals surface area (Å²) in [6.07, 6.45) is 3.27. The smallest absolute Gasteiger partial charge is 0.254 e. The number of aromatic nitrogens is 1. The fraction of sp³-hybridized carbons (Fsp3) is 0.304. The molecule has 0 spiro atoms. The van der Waals surface area contributed by atoms with Crippen LogP contribution >= 0.6 is 11.6 Å². The maximum Gasteiger partial charge on any atom is 0.254 e. The van der Waals surface area contributed by atoms with E-state index in [0.717, 1.165) is 23.7 Å². The number of aromatic amines is 1. The predicted octanol–water partition coefficient (Wildman–Crippen LogP) is 4.66. The molecule has 2 aromatic carbocycles. The number of aryl methyl sites for hydroxylation is 1. The number of hydrogen-bond donors (Lipinski definition) is 2. The van der Waals surface area contributed by atoms with Gasteiger partial charge in [0.2, 0.25) is 5.91 Å². The highest BCUT2D eigenvalue weighted by molar-refractivity contribution is 6.33. The van der Waals surface area contributed by atoms with Crippen molar-refractivity contribution in [2.75, 3.05) is 18.9 Å². The van der Waals surface area contributed by atoms with E-state index in [1.54, 1.807) is 31.3 Å². The number of nitrogens with zero attached hydrogens (tertiary/aromatic N) is 1. The second kappa shape index (κ2) is 7.91.